The number of amides is 2. The quantitative estimate of drug-likeness (QED) is 0.735. The summed E-state index contributed by atoms with van der Waals surface area (Å²) in [7, 11) is 1.52. The van der Waals surface area contributed by atoms with E-state index in [4.69, 9.17) is 5.11 Å². The molecule has 0 aliphatic heterocycles. The number of hydrogen-bond donors (Lipinski definition) is 2. The Hall–Kier alpha value is -2.39. The Kier molecular flexibility index (Phi) is 6.20. The fraction of sp³-hybridized carbons (Fsp3) is 0.357. The fourth-order valence-corrected chi connectivity index (χ4v) is 1.48. The molecule has 2 amide bonds. The van der Waals surface area contributed by atoms with E-state index >= 15 is 0 Å². The molecule has 1 aromatic rings. The molecular formula is C14H17N3O3. The predicted octanol–water partition coefficient (Wildman–Crippen LogP) is -0.367. The summed E-state index contributed by atoms with van der Waals surface area (Å²) < 4.78 is 0. The van der Waals surface area contributed by atoms with Gasteiger partial charge in [0.05, 0.1) is 6.54 Å². The number of aromatic nitrogens is 1. The third kappa shape index (κ3) is 4.37. The smallest absolute Gasteiger partial charge is 0.272 e. The van der Waals surface area contributed by atoms with Gasteiger partial charge in [0.1, 0.15) is 12.3 Å². The molecule has 0 unspecified atom stereocenters. The van der Waals surface area contributed by atoms with Crippen molar-refractivity contribution in [3.63, 3.8) is 0 Å². The zero-order valence-electron chi connectivity index (χ0n) is 11.5. The van der Waals surface area contributed by atoms with E-state index in [2.05, 4.69) is 22.1 Å². The molecule has 0 aliphatic carbocycles. The highest BCUT2D eigenvalue weighted by molar-refractivity contribution is 5.94. The summed E-state index contributed by atoms with van der Waals surface area (Å²) in [5.74, 6) is 4.65. The van der Waals surface area contributed by atoms with Crippen LogP contribution in [0.4, 0.5) is 0 Å². The van der Waals surface area contributed by atoms with Crippen LogP contribution < -0.4 is 5.32 Å². The van der Waals surface area contributed by atoms with Crippen molar-refractivity contribution in [1.82, 2.24) is 15.2 Å². The van der Waals surface area contributed by atoms with Gasteiger partial charge in [-0.05, 0) is 19.1 Å². The van der Waals surface area contributed by atoms with Gasteiger partial charge >= 0.3 is 0 Å². The van der Waals surface area contributed by atoms with Crippen molar-refractivity contribution in [2.75, 3.05) is 26.7 Å². The molecule has 6 heteroatoms. The summed E-state index contributed by atoms with van der Waals surface area (Å²) in [5.41, 5.74) is 0.871. The lowest BCUT2D eigenvalue weighted by molar-refractivity contribution is -0.121. The van der Waals surface area contributed by atoms with Crippen LogP contribution in [-0.2, 0) is 4.79 Å². The standard InChI is InChI=1S/C14H17N3O3/c1-3-17(10-13(19)15-2)14(20)12-7-6-11(9-16-12)5-4-8-18/h6-7,9,18H,3,8,10H2,1-2H3,(H,15,19). The predicted molar refractivity (Wildman–Crippen MR) is 73.8 cm³/mol. The van der Waals surface area contributed by atoms with Gasteiger partial charge in [-0.2, -0.15) is 0 Å². The van der Waals surface area contributed by atoms with Gasteiger partial charge in [-0.25, -0.2) is 4.98 Å². The molecule has 106 valence electrons. The Morgan fingerprint density at radius 1 is 1.45 bits per heavy atom. The van der Waals surface area contributed by atoms with E-state index in [0.29, 0.717) is 12.1 Å². The second kappa shape index (κ2) is 7.92. The second-order valence-electron chi connectivity index (χ2n) is 3.88. The molecular weight excluding hydrogens is 258 g/mol. The zero-order valence-corrected chi connectivity index (χ0v) is 11.5. The van der Waals surface area contributed by atoms with Crippen LogP contribution in [0.5, 0.6) is 0 Å². The van der Waals surface area contributed by atoms with Crippen molar-refractivity contribution in [2.24, 2.45) is 0 Å². The van der Waals surface area contributed by atoms with E-state index in [0.717, 1.165) is 0 Å². The number of nitrogens with zero attached hydrogens (tertiary/aromatic N) is 2. The van der Waals surface area contributed by atoms with Crippen LogP contribution in [0.1, 0.15) is 23.0 Å². The van der Waals surface area contributed by atoms with Gasteiger partial charge in [0.2, 0.25) is 5.91 Å². The normalized spacial score (nSPS) is 9.35. The number of hydrogen-bond acceptors (Lipinski definition) is 4. The number of aliphatic hydroxyl groups is 1. The third-order valence-electron chi connectivity index (χ3n) is 2.58. The lowest BCUT2D eigenvalue weighted by atomic mass is 10.2. The molecule has 20 heavy (non-hydrogen) atoms. The van der Waals surface area contributed by atoms with E-state index in [1.807, 2.05) is 0 Å². The molecule has 0 saturated heterocycles. The van der Waals surface area contributed by atoms with Crippen LogP contribution in [0.15, 0.2) is 18.3 Å². The van der Waals surface area contributed by atoms with Gasteiger partial charge in [-0.3, -0.25) is 9.59 Å². The molecule has 0 saturated carbocycles. The second-order valence-corrected chi connectivity index (χ2v) is 3.88. The number of nitrogens with one attached hydrogen (secondary N) is 1. The SMILES string of the molecule is CCN(CC(=O)NC)C(=O)c1ccc(C#CCO)cn1. The summed E-state index contributed by atoms with van der Waals surface area (Å²) in [6, 6.07) is 3.20. The molecule has 0 radical (unpaired) electrons. The minimum atomic E-state index is -0.308. The van der Waals surface area contributed by atoms with Crippen LogP contribution in [0.3, 0.4) is 0 Å². The van der Waals surface area contributed by atoms with Crippen molar-refractivity contribution in [3.8, 4) is 11.8 Å². The van der Waals surface area contributed by atoms with E-state index in [-0.39, 0.29) is 30.7 Å². The van der Waals surface area contributed by atoms with E-state index in [1.165, 1.54) is 18.1 Å². The van der Waals surface area contributed by atoms with Gasteiger partial charge in [-0.15, -0.1) is 0 Å². The van der Waals surface area contributed by atoms with Crippen molar-refractivity contribution in [2.45, 2.75) is 6.92 Å². The van der Waals surface area contributed by atoms with Crippen LogP contribution >= 0.6 is 0 Å². The lowest BCUT2D eigenvalue weighted by Crippen LogP contribution is -2.39. The summed E-state index contributed by atoms with van der Waals surface area (Å²) in [5, 5.41) is 11.1. The first kappa shape index (κ1) is 15.7. The highest BCUT2D eigenvalue weighted by Crippen LogP contribution is 2.03. The molecule has 0 spiro atoms. The van der Waals surface area contributed by atoms with Crippen molar-refractivity contribution in [1.29, 1.82) is 0 Å². The molecule has 2 N–H and O–H groups in total. The summed E-state index contributed by atoms with van der Waals surface area (Å²) in [4.78, 5) is 28.9. The van der Waals surface area contributed by atoms with Crippen molar-refractivity contribution in [3.05, 3.63) is 29.6 Å². The maximum Gasteiger partial charge on any atom is 0.272 e. The number of rotatable bonds is 4. The monoisotopic (exact) mass is 275 g/mol. The topological polar surface area (TPSA) is 82.5 Å². The Morgan fingerprint density at radius 2 is 2.20 bits per heavy atom. The maximum absolute atomic E-state index is 12.2. The van der Waals surface area contributed by atoms with Gasteiger partial charge in [-0.1, -0.05) is 11.8 Å². The Morgan fingerprint density at radius 3 is 2.70 bits per heavy atom. The average molecular weight is 275 g/mol. The highest BCUT2D eigenvalue weighted by Gasteiger charge is 2.17. The molecule has 0 bridgehead atoms. The van der Waals surface area contributed by atoms with Gasteiger partial charge in [0.25, 0.3) is 5.91 Å². The Bertz CT molecular complexity index is 529. The lowest BCUT2D eigenvalue weighted by Gasteiger charge is -2.19. The molecule has 0 aromatic carbocycles. The minimum Gasteiger partial charge on any atom is -0.384 e. The van der Waals surface area contributed by atoms with E-state index in [9.17, 15) is 9.59 Å². The highest BCUT2D eigenvalue weighted by atomic mass is 16.2. The van der Waals surface area contributed by atoms with Crippen LogP contribution in [-0.4, -0.2) is 53.5 Å². The first-order chi connectivity index (χ1) is 9.62. The van der Waals surface area contributed by atoms with Crippen LogP contribution in [0.25, 0.3) is 0 Å². The fourth-order valence-electron chi connectivity index (χ4n) is 1.48. The summed E-state index contributed by atoms with van der Waals surface area (Å²) in [6.07, 6.45) is 1.46. The molecule has 0 aliphatic rings. The van der Waals surface area contributed by atoms with Gasteiger partial charge in [0, 0.05) is 25.4 Å². The molecule has 1 aromatic heterocycles. The number of carbonyl (C=O) groups is 2. The van der Waals surface area contributed by atoms with Crippen LogP contribution in [0, 0.1) is 11.8 Å². The van der Waals surface area contributed by atoms with Gasteiger partial charge < -0.3 is 15.3 Å². The molecule has 0 atom stereocenters. The maximum atomic E-state index is 12.2. The third-order valence-corrected chi connectivity index (χ3v) is 2.58. The van der Waals surface area contributed by atoms with Gasteiger partial charge in [0.15, 0.2) is 0 Å². The zero-order chi connectivity index (χ0) is 15.0. The Labute approximate surface area is 117 Å². The number of likely N-dealkylation sites (N-methyl/N-ethyl adjacent to an activating group) is 2. The first-order valence-corrected chi connectivity index (χ1v) is 6.18. The average Bonchev–Trinajstić information content (AvgIpc) is 2.50. The number of pyridine rings is 1. The molecule has 1 heterocycles. The Balaban J connectivity index is 2.82. The molecule has 0 fully saturated rings. The number of carbonyl (C=O) groups excluding carboxylic acids is 2. The summed E-state index contributed by atoms with van der Waals surface area (Å²) >= 11 is 0. The van der Waals surface area contributed by atoms with E-state index in [1.54, 1.807) is 19.1 Å². The first-order valence-electron chi connectivity index (χ1n) is 6.18. The number of aliphatic hydroxyl groups excluding tert-OH is 1. The van der Waals surface area contributed by atoms with Crippen molar-refractivity contribution >= 4 is 11.8 Å². The van der Waals surface area contributed by atoms with Crippen molar-refractivity contribution < 1.29 is 14.7 Å². The molecule has 6 nitrogen and oxygen atoms in total. The summed E-state index contributed by atoms with van der Waals surface area (Å²) in [6.45, 7) is 1.98. The molecule has 1 rings (SSSR count). The van der Waals surface area contributed by atoms with Crippen LogP contribution in [0.2, 0.25) is 0 Å². The minimum absolute atomic E-state index is 0.000414. The van der Waals surface area contributed by atoms with E-state index < -0.39 is 0 Å². The largest absolute Gasteiger partial charge is 0.384 e.